The van der Waals surface area contributed by atoms with E-state index in [1.54, 1.807) is 11.8 Å². The second kappa shape index (κ2) is 5.73. The molecule has 0 bridgehead atoms. The zero-order valence-electron chi connectivity index (χ0n) is 10.1. The summed E-state index contributed by atoms with van der Waals surface area (Å²) in [5, 5.41) is 4.38. The molecule has 1 unspecified atom stereocenters. The van der Waals surface area contributed by atoms with Crippen molar-refractivity contribution >= 4 is 11.8 Å². The second-order valence-corrected chi connectivity index (χ2v) is 5.45. The molecule has 1 aliphatic rings. The van der Waals surface area contributed by atoms with Gasteiger partial charge in [0.1, 0.15) is 5.76 Å². The summed E-state index contributed by atoms with van der Waals surface area (Å²) in [6.07, 6.45) is 5.25. The minimum atomic E-state index is 0.707. The fourth-order valence-corrected chi connectivity index (χ4v) is 2.93. The van der Waals surface area contributed by atoms with Gasteiger partial charge in [-0.05, 0) is 39.7 Å². The van der Waals surface area contributed by atoms with Gasteiger partial charge in [-0.1, -0.05) is 18.2 Å². The Labute approximate surface area is 101 Å². The molecule has 0 amide bonds. The maximum atomic E-state index is 5.54. The van der Waals surface area contributed by atoms with Gasteiger partial charge < -0.3 is 9.73 Å². The molecule has 0 spiro atoms. The minimum absolute atomic E-state index is 0.707. The van der Waals surface area contributed by atoms with Gasteiger partial charge in [0.25, 0.3) is 5.22 Å². The summed E-state index contributed by atoms with van der Waals surface area (Å²) < 4.78 is 5.54. The standard InChI is InChI=1S/C12H20N2OS/c1-9-10(2)15-12(14-9)16-8-6-11-5-3-4-7-13-11/h11,13H,3-8H2,1-2H3. The molecule has 3 nitrogen and oxygen atoms in total. The van der Waals surface area contributed by atoms with E-state index in [0.29, 0.717) is 6.04 Å². The van der Waals surface area contributed by atoms with E-state index in [4.69, 9.17) is 4.42 Å². The van der Waals surface area contributed by atoms with Crippen molar-refractivity contribution in [3.05, 3.63) is 11.5 Å². The van der Waals surface area contributed by atoms with Crippen molar-refractivity contribution in [1.82, 2.24) is 10.3 Å². The number of hydrogen-bond acceptors (Lipinski definition) is 4. The molecule has 0 aliphatic carbocycles. The lowest BCUT2D eigenvalue weighted by Gasteiger charge is -2.22. The van der Waals surface area contributed by atoms with Crippen LogP contribution < -0.4 is 5.32 Å². The molecule has 1 fully saturated rings. The highest BCUT2D eigenvalue weighted by Gasteiger charge is 2.13. The van der Waals surface area contributed by atoms with Gasteiger partial charge in [0.15, 0.2) is 0 Å². The largest absolute Gasteiger partial charge is 0.437 e. The number of nitrogens with zero attached hydrogens (tertiary/aromatic N) is 1. The van der Waals surface area contributed by atoms with Gasteiger partial charge in [0.2, 0.25) is 0 Å². The van der Waals surface area contributed by atoms with E-state index < -0.39 is 0 Å². The van der Waals surface area contributed by atoms with Crippen LogP contribution in [0.15, 0.2) is 9.64 Å². The van der Waals surface area contributed by atoms with Gasteiger partial charge in [0.05, 0.1) is 5.69 Å². The van der Waals surface area contributed by atoms with Crippen molar-refractivity contribution in [2.45, 2.75) is 50.8 Å². The fraction of sp³-hybridized carbons (Fsp3) is 0.750. The third-order valence-corrected chi connectivity index (χ3v) is 3.97. The number of aryl methyl sites for hydroxylation is 2. The Hall–Kier alpha value is -0.480. The molecule has 0 radical (unpaired) electrons. The summed E-state index contributed by atoms with van der Waals surface area (Å²) in [7, 11) is 0. The van der Waals surface area contributed by atoms with Crippen molar-refractivity contribution in [3.63, 3.8) is 0 Å². The zero-order valence-corrected chi connectivity index (χ0v) is 10.9. The first kappa shape index (κ1) is 12.0. The number of aromatic nitrogens is 1. The lowest BCUT2D eigenvalue weighted by Crippen LogP contribution is -2.34. The van der Waals surface area contributed by atoms with Crippen molar-refractivity contribution in [2.24, 2.45) is 0 Å². The van der Waals surface area contributed by atoms with Crippen LogP contribution in [0.3, 0.4) is 0 Å². The number of nitrogens with one attached hydrogen (secondary N) is 1. The van der Waals surface area contributed by atoms with Gasteiger partial charge in [-0.25, -0.2) is 4.98 Å². The Morgan fingerprint density at radius 3 is 2.94 bits per heavy atom. The van der Waals surface area contributed by atoms with Crippen molar-refractivity contribution < 1.29 is 4.42 Å². The van der Waals surface area contributed by atoms with Crippen molar-refractivity contribution in [1.29, 1.82) is 0 Å². The number of oxazole rings is 1. The first-order chi connectivity index (χ1) is 7.75. The lowest BCUT2D eigenvalue weighted by molar-refractivity contribution is 0.393. The van der Waals surface area contributed by atoms with Crippen LogP contribution in [0.1, 0.15) is 37.1 Å². The van der Waals surface area contributed by atoms with Crippen LogP contribution in [0.5, 0.6) is 0 Å². The third kappa shape index (κ3) is 3.25. The Morgan fingerprint density at radius 2 is 2.31 bits per heavy atom. The van der Waals surface area contributed by atoms with Crippen LogP contribution in [-0.2, 0) is 0 Å². The summed E-state index contributed by atoms with van der Waals surface area (Å²) in [6.45, 7) is 5.15. The van der Waals surface area contributed by atoms with Crippen LogP contribution in [0.2, 0.25) is 0 Å². The monoisotopic (exact) mass is 240 g/mol. The molecule has 1 atom stereocenters. The Kier molecular flexibility index (Phi) is 4.29. The summed E-state index contributed by atoms with van der Waals surface area (Å²) in [4.78, 5) is 4.37. The van der Waals surface area contributed by atoms with Crippen molar-refractivity contribution in [3.8, 4) is 0 Å². The van der Waals surface area contributed by atoms with Crippen molar-refractivity contribution in [2.75, 3.05) is 12.3 Å². The highest BCUT2D eigenvalue weighted by molar-refractivity contribution is 7.99. The molecule has 1 aliphatic heterocycles. The highest BCUT2D eigenvalue weighted by Crippen LogP contribution is 2.22. The topological polar surface area (TPSA) is 38.1 Å². The first-order valence-corrected chi connectivity index (χ1v) is 7.04. The Bertz CT molecular complexity index is 312. The lowest BCUT2D eigenvalue weighted by atomic mass is 10.0. The fourth-order valence-electron chi connectivity index (χ4n) is 1.96. The van der Waals surface area contributed by atoms with E-state index in [1.165, 1.54) is 32.2 Å². The normalized spacial score (nSPS) is 21.2. The molecular weight excluding hydrogens is 220 g/mol. The van der Waals surface area contributed by atoms with Crippen LogP contribution in [0.25, 0.3) is 0 Å². The average molecular weight is 240 g/mol. The van der Waals surface area contributed by atoms with E-state index in [2.05, 4.69) is 10.3 Å². The third-order valence-electron chi connectivity index (χ3n) is 3.11. The molecule has 1 N–H and O–H groups in total. The van der Waals surface area contributed by atoms with E-state index >= 15 is 0 Å². The van der Waals surface area contributed by atoms with Crippen LogP contribution >= 0.6 is 11.8 Å². The molecule has 2 rings (SSSR count). The van der Waals surface area contributed by atoms with Gasteiger partial charge in [-0.2, -0.15) is 0 Å². The molecule has 1 saturated heterocycles. The molecule has 1 aromatic heterocycles. The highest BCUT2D eigenvalue weighted by atomic mass is 32.2. The smallest absolute Gasteiger partial charge is 0.256 e. The Morgan fingerprint density at radius 1 is 1.44 bits per heavy atom. The van der Waals surface area contributed by atoms with Gasteiger partial charge in [0, 0.05) is 11.8 Å². The Balaban J connectivity index is 1.71. The van der Waals surface area contributed by atoms with E-state index in [9.17, 15) is 0 Å². The molecule has 2 heterocycles. The van der Waals surface area contributed by atoms with Gasteiger partial charge in [-0.15, -0.1) is 0 Å². The first-order valence-electron chi connectivity index (χ1n) is 6.06. The van der Waals surface area contributed by atoms with Gasteiger partial charge in [-0.3, -0.25) is 0 Å². The average Bonchev–Trinajstić information content (AvgIpc) is 2.60. The minimum Gasteiger partial charge on any atom is -0.437 e. The predicted octanol–water partition coefficient (Wildman–Crippen LogP) is 2.92. The molecule has 0 aromatic carbocycles. The van der Waals surface area contributed by atoms with Crippen LogP contribution in [-0.4, -0.2) is 23.3 Å². The van der Waals surface area contributed by atoms with E-state index in [0.717, 1.165) is 22.4 Å². The number of hydrogen-bond donors (Lipinski definition) is 1. The molecule has 90 valence electrons. The van der Waals surface area contributed by atoms with Crippen LogP contribution in [0.4, 0.5) is 0 Å². The summed E-state index contributed by atoms with van der Waals surface area (Å²) >= 11 is 1.73. The SMILES string of the molecule is Cc1nc(SCCC2CCCCN2)oc1C. The van der Waals surface area contributed by atoms with Gasteiger partial charge >= 0.3 is 0 Å². The molecule has 0 saturated carbocycles. The quantitative estimate of drug-likeness (QED) is 0.821. The number of rotatable bonds is 4. The molecule has 16 heavy (non-hydrogen) atoms. The summed E-state index contributed by atoms with van der Waals surface area (Å²) in [5.74, 6) is 2.04. The maximum absolute atomic E-state index is 5.54. The number of piperidine rings is 1. The second-order valence-electron chi connectivity index (χ2n) is 4.41. The molecule has 1 aromatic rings. The van der Waals surface area contributed by atoms with Crippen LogP contribution in [0, 0.1) is 13.8 Å². The molecule has 4 heteroatoms. The summed E-state index contributed by atoms with van der Waals surface area (Å²) in [5.41, 5.74) is 1.01. The predicted molar refractivity (Wildman–Crippen MR) is 67.0 cm³/mol. The molecular formula is C12H20N2OS. The maximum Gasteiger partial charge on any atom is 0.256 e. The van der Waals surface area contributed by atoms with E-state index in [-0.39, 0.29) is 0 Å². The zero-order chi connectivity index (χ0) is 11.4. The number of thioether (sulfide) groups is 1. The summed E-state index contributed by atoms with van der Waals surface area (Å²) in [6, 6.07) is 0.707. The van der Waals surface area contributed by atoms with E-state index in [1.807, 2.05) is 13.8 Å².